The van der Waals surface area contributed by atoms with E-state index in [9.17, 15) is 9.59 Å². The van der Waals surface area contributed by atoms with Crippen LogP contribution in [0.2, 0.25) is 0 Å². The molecule has 0 unspecified atom stereocenters. The number of carbonyl (C=O) groups is 1. The zero-order valence-electron chi connectivity index (χ0n) is 17.5. The second-order valence-corrected chi connectivity index (χ2v) is 10.2. The smallest absolute Gasteiger partial charge is 0.287 e. The predicted octanol–water partition coefficient (Wildman–Crippen LogP) is 4.29. The highest BCUT2D eigenvalue weighted by Crippen LogP contribution is 2.28. The van der Waals surface area contributed by atoms with Gasteiger partial charge in [-0.1, -0.05) is 56.0 Å². The van der Waals surface area contributed by atoms with E-state index >= 15 is 0 Å². The van der Waals surface area contributed by atoms with Gasteiger partial charge in [0.25, 0.3) is 11.5 Å². The van der Waals surface area contributed by atoms with Gasteiger partial charge in [-0.25, -0.2) is 4.98 Å². The minimum absolute atomic E-state index is 0.0295. The Morgan fingerprint density at radius 2 is 1.94 bits per heavy atom. The lowest BCUT2D eigenvalue weighted by Crippen LogP contribution is -2.14. The van der Waals surface area contributed by atoms with Crippen LogP contribution in [-0.4, -0.2) is 25.7 Å². The van der Waals surface area contributed by atoms with Crippen molar-refractivity contribution in [3.63, 3.8) is 0 Å². The molecule has 0 spiro atoms. The zero-order chi connectivity index (χ0) is 22.2. The molecule has 0 aliphatic heterocycles. The average Bonchev–Trinajstić information content (AvgIpc) is 3.31. The van der Waals surface area contributed by atoms with Crippen molar-refractivity contribution in [2.24, 2.45) is 0 Å². The lowest BCUT2D eigenvalue weighted by atomic mass is 9.87. The molecule has 0 aliphatic carbocycles. The number of benzene rings is 1. The van der Waals surface area contributed by atoms with Crippen LogP contribution in [0.5, 0.6) is 0 Å². The molecule has 31 heavy (non-hydrogen) atoms. The summed E-state index contributed by atoms with van der Waals surface area (Å²) in [6.45, 7) is 8.15. The van der Waals surface area contributed by atoms with Crippen LogP contribution in [0.1, 0.15) is 48.1 Å². The van der Waals surface area contributed by atoms with Gasteiger partial charge >= 0.3 is 0 Å². The average molecular weight is 456 g/mol. The molecule has 10 heteroatoms. The Hall–Kier alpha value is -2.98. The molecule has 0 saturated heterocycles. The van der Waals surface area contributed by atoms with E-state index in [1.54, 1.807) is 13.0 Å². The number of aromatic nitrogens is 4. The van der Waals surface area contributed by atoms with Crippen LogP contribution in [0.4, 0.5) is 5.13 Å². The third kappa shape index (κ3) is 4.86. The van der Waals surface area contributed by atoms with Gasteiger partial charge in [-0.3, -0.25) is 14.9 Å². The summed E-state index contributed by atoms with van der Waals surface area (Å²) in [6.07, 6.45) is 0. The lowest BCUT2D eigenvalue weighted by Gasteiger charge is -2.18. The maximum absolute atomic E-state index is 12.5. The third-order valence-electron chi connectivity index (χ3n) is 4.51. The van der Waals surface area contributed by atoms with Gasteiger partial charge in [-0.05, 0) is 30.0 Å². The largest absolute Gasteiger partial charge is 0.375 e. The molecule has 3 heterocycles. The SMILES string of the molecule is Cc1cc2nc(CSc3nnc(NC(=O)c4ccc(C(C)(C)C)cc4)s3)cc(=O)n2o1. The first-order valence-corrected chi connectivity index (χ1v) is 11.4. The summed E-state index contributed by atoms with van der Waals surface area (Å²) >= 11 is 2.67. The number of nitrogens with zero attached hydrogens (tertiary/aromatic N) is 4. The molecule has 0 fully saturated rings. The molecule has 3 aromatic heterocycles. The van der Waals surface area contributed by atoms with E-state index in [0.717, 1.165) is 10.1 Å². The Morgan fingerprint density at radius 1 is 1.19 bits per heavy atom. The van der Waals surface area contributed by atoms with Gasteiger partial charge in [0.05, 0.1) is 5.69 Å². The number of thioether (sulfide) groups is 1. The predicted molar refractivity (Wildman–Crippen MR) is 121 cm³/mol. The van der Waals surface area contributed by atoms with E-state index in [0.29, 0.717) is 37.9 Å². The number of hydrogen-bond donors (Lipinski definition) is 1. The molecule has 4 aromatic rings. The molecule has 4 rings (SSSR count). The zero-order valence-corrected chi connectivity index (χ0v) is 19.1. The van der Waals surface area contributed by atoms with E-state index in [-0.39, 0.29) is 16.9 Å². The topological polar surface area (TPSA) is 102 Å². The van der Waals surface area contributed by atoms with Gasteiger partial charge in [-0.2, -0.15) is 0 Å². The highest BCUT2D eigenvalue weighted by Gasteiger charge is 2.16. The molecule has 0 atom stereocenters. The summed E-state index contributed by atoms with van der Waals surface area (Å²) < 4.78 is 7.12. The Morgan fingerprint density at radius 3 is 2.65 bits per heavy atom. The van der Waals surface area contributed by atoms with E-state index in [1.165, 1.54) is 29.2 Å². The molecule has 0 aliphatic rings. The minimum atomic E-state index is -0.267. The number of nitrogens with one attached hydrogen (secondary N) is 1. The minimum Gasteiger partial charge on any atom is -0.375 e. The molecule has 160 valence electrons. The highest BCUT2D eigenvalue weighted by atomic mass is 32.2. The van der Waals surface area contributed by atoms with Gasteiger partial charge < -0.3 is 4.52 Å². The summed E-state index contributed by atoms with van der Waals surface area (Å²) in [7, 11) is 0. The van der Waals surface area contributed by atoms with Gasteiger partial charge in [0, 0.05) is 23.4 Å². The maximum atomic E-state index is 12.5. The number of hydrogen-bond acceptors (Lipinski definition) is 8. The van der Waals surface area contributed by atoms with Gasteiger partial charge in [0.2, 0.25) is 5.13 Å². The summed E-state index contributed by atoms with van der Waals surface area (Å²) in [5.41, 5.74) is 2.58. The highest BCUT2D eigenvalue weighted by molar-refractivity contribution is 8.00. The van der Waals surface area contributed by atoms with Gasteiger partial charge in [0.1, 0.15) is 5.76 Å². The van der Waals surface area contributed by atoms with Crippen molar-refractivity contribution in [1.82, 2.24) is 19.8 Å². The molecule has 0 saturated carbocycles. The molecule has 0 bridgehead atoms. The van der Waals surface area contributed by atoms with Crippen LogP contribution < -0.4 is 10.9 Å². The van der Waals surface area contributed by atoms with Gasteiger partial charge in [-0.15, -0.1) is 14.8 Å². The summed E-state index contributed by atoms with van der Waals surface area (Å²) in [6, 6.07) is 10.7. The molecular formula is C21H21N5O3S2. The summed E-state index contributed by atoms with van der Waals surface area (Å²) in [5.74, 6) is 0.836. The first-order chi connectivity index (χ1) is 14.7. The number of carbonyl (C=O) groups excluding carboxylic acids is 1. The molecular weight excluding hydrogens is 434 g/mol. The number of rotatable bonds is 5. The number of anilines is 1. The molecule has 8 nitrogen and oxygen atoms in total. The van der Waals surface area contributed by atoms with E-state index < -0.39 is 0 Å². The van der Waals surface area contributed by atoms with Gasteiger partial charge in [0.15, 0.2) is 9.99 Å². The fraction of sp³-hybridized carbons (Fsp3) is 0.286. The van der Waals surface area contributed by atoms with E-state index in [1.807, 2.05) is 24.3 Å². The monoisotopic (exact) mass is 455 g/mol. The van der Waals surface area contributed by atoms with Crippen LogP contribution in [0, 0.1) is 6.92 Å². The van der Waals surface area contributed by atoms with E-state index in [4.69, 9.17) is 4.52 Å². The second-order valence-electron chi connectivity index (χ2n) is 8.03. The molecule has 1 N–H and O–H groups in total. The number of aryl methyl sites for hydroxylation is 1. The number of fused-ring (bicyclic) bond motifs is 1. The quantitative estimate of drug-likeness (QED) is 0.354. The number of amides is 1. The lowest BCUT2D eigenvalue weighted by molar-refractivity contribution is 0.102. The fourth-order valence-electron chi connectivity index (χ4n) is 2.89. The van der Waals surface area contributed by atoms with Crippen molar-refractivity contribution in [3.8, 4) is 0 Å². The van der Waals surface area contributed by atoms with Crippen LogP contribution >= 0.6 is 23.1 Å². The molecule has 1 aromatic carbocycles. The third-order valence-corrected chi connectivity index (χ3v) is 6.51. The van der Waals surface area contributed by atoms with Crippen molar-refractivity contribution in [1.29, 1.82) is 0 Å². The summed E-state index contributed by atoms with van der Waals surface area (Å²) in [4.78, 5) is 29.0. The standard InChI is InChI=1S/C21H21N5O3S2/c1-12-9-16-22-15(10-17(27)26(16)29-12)11-30-20-25-24-19(31-20)23-18(28)13-5-7-14(8-6-13)21(2,3)4/h5-10H,11H2,1-4H3,(H,23,24,28). The normalized spacial score (nSPS) is 11.7. The van der Waals surface area contributed by atoms with Crippen LogP contribution in [0.15, 0.2) is 50.1 Å². The fourth-order valence-corrected chi connectivity index (χ4v) is 4.53. The second kappa shape index (κ2) is 8.27. The van der Waals surface area contributed by atoms with Crippen molar-refractivity contribution in [3.05, 3.63) is 69.3 Å². The van der Waals surface area contributed by atoms with Crippen LogP contribution in [-0.2, 0) is 11.2 Å². The molecule has 0 radical (unpaired) electrons. The van der Waals surface area contributed by atoms with Crippen molar-refractivity contribution in [2.75, 3.05) is 5.32 Å². The maximum Gasteiger partial charge on any atom is 0.287 e. The molecule has 1 amide bonds. The van der Waals surface area contributed by atoms with Crippen molar-refractivity contribution in [2.45, 2.75) is 43.2 Å². The summed E-state index contributed by atoms with van der Waals surface area (Å²) in [5, 5.41) is 11.3. The van der Waals surface area contributed by atoms with Crippen LogP contribution in [0.25, 0.3) is 5.65 Å². The van der Waals surface area contributed by atoms with Crippen LogP contribution in [0.3, 0.4) is 0 Å². The first kappa shape index (κ1) is 21.3. The Bertz CT molecular complexity index is 1300. The Balaban J connectivity index is 1.39. The van der Waals surface area contributed by atoms with E-state index in [2.05, 4.69) is 41.3 Å². The first-order valence-electron chi connectivity index (χ1n) is 9.57. The van der Waals surface area contributed by atoms with Crippen molar-refractivity contribution < 1.29 is 9.32 Å². The Labute approximate surface area is 186 Å². The van der Waals surface area contributed by atoms with Crippen molar-refractivity contribution >= 4 is 39.8 Å². The Kier molecular flexibility index (Phi) is 5.67.